The van der Waals surface area contributed by atoms with E-state index in [1.807, 2.05) is 25.1 Å². The Hall–Kier alpha value is -0.960. The van der Waals surface area contributed by atoms with Crippen molar-refractivity contribution in [3.8, 4) is 5.75 Å². The van der Waals surface area contributed by atoms with E-state index >= 15 is 0 Å². The van der Waals surface area contributed by atoms with Crippen LogP contribution in [0.5, 0.6) is 5.75 Å². The molecule has 0 spiro atoms. The van der Waals surface area contributed by atoms with Gasteiger partial charge < -0.3 is 4.74 Å². The van der Waals surface area contributed by atoms with E-state index < -0.39 is 0 Å². The molecule has 0 saturated carbocycles. The highest BCUT2D eigenvalue weighted by molar-refractivity contribution is 7.99. The Morgan fingerprint density at radius 1 is 1.32 bits per heavy atom. The van der Waals surface area contributed by atoms with Crippen LogP contribution in [0.3, 0.4) is 0 Å². The predicted molar refractivity (Wildman–Crippen MR) is 83.6 cm³/mol. The fraction of sp³-hybridized carbons (Fsp3) is 0.562. The average Bonchev–Trinajstić information content (AvgIpc) is 2.39. The van der Waals surface area contributed by atoms with Gasteiger partial charge in [-0.15, -0.1) is 0 Å². The third-order valence-electron chi connectivity index (χ3n) is 2.85. The highest BCUT2D eigenvalue weighted by Crippen LogP contribution is 2.26. The molecular formula is C16H24O2S. The monoisotopic (exact) mass is 280 g/mol. The highest BCUT2D eigenvalue weighted by Gasteiger charge is 2.14. The Balaban J connectivity index is 2.92. The molecule has 0 aliphatic rings. The minimum Gasteiger partial charge on any atom is -0.493 e. The van der Waals surface area contributed by atoms with Gasteiger partial charge in [-0.05, 0) is 42.7 Å². The van der Waals surface area contributed by atoms with Gasteiger partial charge in [0.1, 0.15) is 5.75 Å². The van der Waals surface area contributed by atoms with Crippen LogP contribution in [0, 0.1) is 0 Å². The zero-order valence-electron chi connectivity index (χ0n) is 12.4. The number of rotatable bonds is 8. The van der Waals surface area contributed by atoms with E-state index in [4.69, 9.17) is 4.74 Å². The number of ketones is 1. The van der Waals surface area contributed by atoms with Gasteiger partial charge in [0.15, 0.2) is 5.78 Å². The normalized spacial score (nSPS) is 10.8. The van der Waals surface area contributed by atoms with Gasteiger partial charge >= 0.3 is 0 Å². The summed E-state index contributed by atoms with van der Waals surface area (Å²) in [5.41, 5.74) is 1.92. The van der Waals surface area contributed by atoms with Crippen LogP contribution in [0.2, 0.25) is 0 Å². The summed E-state index contributed by atoms with van der Waals surface area (Å²) in [4.78, 5) is 12.3. The summed E-state index contributed by atoms with van der Waals surface area (Å²) < 4.78 is 5.57. The second-order valence-electron chi connectivity index (χ2n) is 4.82. The Morgan fingerprint density at radius 2 is 2.05 bits per heavy atom. The van der Waals surface area contributed by atoms with Crippen LogP contribution in [-0.2, 0) is 0 Å². The Kier molecular flexibility index (Phi) is 7.00. The fourth-order valence-corrected chi connectivity index (χ4v) is 2.57. The Bertz CT molecular complexity index is 413. The van der Waals surface area contributed by atoms with Gasteiger partial charge in [0.25, 0.3) is 0 Å². The number of thioether (sulfide) groups is 1. The lowest BCUT2D eigenvalue weighted by Gasteiger charge is -2.13. The molecular weight excluding hydrogens is 256 g/mol. The van der Waals surface area contributed by atoms with Gasteiger partial charge in [-0.2, -0.15) is 11.8 Å². The standard InChI is InChI=1S/C16H24O2S/c1-5-9-19-11-15(17)14-10-13(12(3)4)7-8-16(14)18-6-2/h7-8,10,12H,5-6,9,11H2,1-4H3. The zero-order valence-corrected chi connectivity index (χ0v) is 13.2. The van der Waals surface area contributed by atoms with Gasteiger partial charge in [-0.3, -0.25) is 4.79 Å². The van der Waals surface area contributed by atoms with Crippen molar-refractivity contribution in [2.24, 2.45) is 0 Å². The summed E-state index contributed by atoms with van der Waals surface area (Å²) in [6.45, 7) is 8.92. The lowest BCUT2D eigenvalue weighted by Crippen LogP contribution is -2.08. The summed E-state index contributed by atoms with van der Waals surface area (Å²) in [5.74, 6) is 2.87. The second-order valence-corrected chi connectivity index (χ2v) is 5.92. The minimum atomic E-state index is 0.171. The lowest BCUT2D eigenvalue weighted by atomic mass is 9.99. The molecule has 19 heavy (non-hydrogen) atoms. The molecule has 0 aliphatic heterocycles. The number of carbonyl (C=O) groups is 1. The van der Waals surface area contributed by atoms with Crippen molar-refractivity contribution in [2.45, 2.75) is 40.0 Å². The van der Waals surface area contributed by atoms with Crippen LogP contribution in [0.25, 0.3) is 0 Å². The Labute approximate surface area is 120 Å². The van der Waals surface area contributed by atoms with Gasteiger partial charge in [0.2, 0.25) is 0 Å². The van der Waals surface area contributed by atoms with E-state index in [1.54, 1.807) is 11.8 Å². The summed E-state index contributed by atoms with van der Waals surface area (Å²) >= 11 is 1.69. The first-order valence-electron chi connectivity index (χ1n) is 6.97. The quantitative estimate of drug-likeness (QED) is 0.517. The third-order valence-corrected chi connectivity index (χ3v) is 4.02. The molecule has 1 aromatic carbocycles. The molecule has 0 atom stereocenters. The molecule has 3 heteroatoms. The van der Waals surface area contributed by atoms with Crippen LogP contribution in [0.4, 0.5) is 0 Å². The maximum absolute atomic E-state index is 12.3. The van der Waals surface area contributed by atoms with E-state index in [-0.39, 0.29) is 5.78 Å². The largest absolute Gasteiger partial charge is 0.493 e. The molecule has 0 radical (unpaired) electrons. The maximum Gasteiger partial charge on any atom is 0.176 e. The topological polar surface area (TPSA) is 26.3 Å². The first-order valence-corrected chi connectivity index (χ1v) is 8.13. The van der Waals surface area contributed by atoms with E-state index in [1.165, 1.54) is 5.56 Å². The van der Waals surface area contributed by atoms with Crippen LogP contribution in [-0.4, -0.2) is 23.9 Å². The fourth-order valence-electron chi connectivity index (χ4n) is 1.79. The van der Waals surface area contributed by atoms with Crippen LogP contribution < -0.4 is 4.74 Å². The third kappa shape index (κ3) is 4.90. The molecule has 0 amide bonds. The van der Waals surface area contributed by atoms with Crippen LogP contribution >= 0.6 is 11.8 Å². The SMILES string of the molecule is CCCSCC(=O)c1cc(C(C)C)ccc1OCC. The number of carbonyl (C=O) groups excluding carboxylic acids is 1. The second kappa shape index (κ2) is 8.26. The van der Waals surface area contributed by atoms with E-state index in [0.29, 0.717) is 24.0 Å². The summed E-state index contributed by atoms with van der Waals surface area (Å²) in [6, 6.07) is 5.96. The number of hydrogen-bond acceptors (Lipinski definition) is 3. The molecule has 0 aliphatic carbocycles. The molecule has 0 N–H and O–H groups in total. The van der Waals surface area contributed by atoms with E-state index in [9.17, 15) is 4.79 Å². The van der Waals surface area contributed by atoms with Gasteiger partial charge in [-0.25, -0.2) is 0 Å². The van der Waals surface area contributed by atoms with E-state index in [0.717, 1.165) is 17.7 Å². The molecule has 0 aromatic heterocycles. The first-order chi connectivity index (χ1) is 9.10. The number of Topliss-reactive ketones (excluding diaryl/α,β-unsaturated/α-hetero) is 1. The molecule has 2 nitrogen and oxygen atoms in total. The zero-order chi connectivity index (χ0) is 14.3. The maximum atomic E-state index is 12.3. The molecule has 106 valence electrons. The molecule has 0 fully saturated rings. The van der Waals surface area contributed by atoms with Crippen molar-refractivity contribution in [1.82, 2.24) is 0 Å². The Morgan fingerprint density at radius 3 is 2.63 bits per heavy atom. The highest BCUT2D eigenvalue weighted by atomic mass is 32.2. The first kappa shape index (κ1) is 16.1. The van der Waals surface area contributed by atoms with Crippen molar-refractivity contribution in [3.05, 3.63) is 29.3 Å². The van der Waals surface area contributed by atoms with Crippen LogP contribution in [0.1, 0.15) is 56.0 Å². The molecule has 0 saturated heterocycles. The predicted octanol–water partition coefficient (Wildman–Crippen LogP) is 4.53. The van der Waals surface area contributed by atoms with Gasteiger partial charge in [0.05, 0.1) is 17.9 Å². The summed E-state index contributed by atoms with van der Waals surface area (Å²) in [6.07, 6.45) is 1.10. The number of benzene rings is 1. The smallest absolute Gasteiger partial charge is 0.176 e. The van der Waals surface area contributed by atoms with Crippen molar-refractivity contribution in [3.63, 3.8) is 0 Å². The number of ether oxygens (including phenoxy) is 1. The molecule has 1 rings (SSSR count). The van der Waals surface area contributed by atoms with Crippen molar-refractivity contribution in [1.29, 1.82) is 0 Å². The van der Waals surface area contributed by atoms with Gasteiger partial charge in [-0.1, -0.05) is 26.8 Å². The number of hydrogen-bond donors (Lipinski definition) is 0. The molecule has 0 heterocycles. The van der Waals surface area contributed by atoms with Crippen molar-refractivity contribution < 1.29 is 9.53 Å². The average molecular weight is 280 g/mol. The minimum absolute atomic E-state index is 0.171. The molecule has 0 unspecified atom stereocenters. The van der Waals surface area contributed by atoms with Crippen molar-refractivity contribution in [2.75, 3.05) is 18.1 Å². The lowest BCUT2D eigenvalue weighted by molar-refractivity contribution is 0.101. The van der Waals surface area contributed by atoms with Gasteiger partial charge in [0, 0.05) is 0 Å². The summed E-state index contributed by atoms with van der Waals surface area (Å²) in [5, 5.41) is 0. The van der Waals surface area contributed by atoms with E-state index in [2.05, 4.69) is 20.8 Å². The summed E-state index contributed by atoms with van der Waals surface area (Å²) in [7, 11) is 0. The van der Waals surface area contributed by atoms with Crippen molar-refractivity contribution >= 4 is 17.5 Å². The molecule has 1 aromatic rings. The molecule has 0 bridgehead atoms. The van der Waals surface area contributed by atoms with Crippen LogP contribution in [0.15, 0.2) is 18.2 Å².